The minimum absolute atomic E-state index is 0.647. The molecule has 0 aromatic carbocycles. The van der Waals surface area contributed by atoms with Gasteiger partial charge in [-0.3, -0.25) is 0 Å². The van der Waals surface area contributed by atoms with Gasteiger partial charge in [-0.05, 0) is 36.9 Å². The zero-order chi connectivity index (χ0) is 8.23. The van der Waals surface area contributed by atoms with Crippen molar-refractivity contribution < 1.29 is 0 Å². The summed E-state index contributed by atoms with van der Waals surface area (Å²) in [5.41, 5.74) is 1.32. The van der Waals surface area contributed by atoms with Crippen molar-refractivity contribution in [1.29, 1.82) is 0 Å². The summed E-state index contributed by atoms with van der Waals surface area (Å²) in [5, 5.41) is 11.0. The lowest BCUT2D eigenvalue weighted by Gasteiger charge is -2.22. The molecule has 2 rings (SSSR count). The first-order chi connectivity index (χ1) is 5.97. The van der Waals surface area contributed by atoms with Crippen molar-refractivity contribution >= 4 is 0 Å². The maximum atomic E-state index is 3.88. The largest absolute Gasteiger partial charge is 0.316 e. The van der Waals surface area contributed by atoms with Crippen molar-refractivity contribution in [1.82, 2.24) is 15.5 Å². The molecule has 1 fully saturated rings. The smallest absolute Gasteiger partial charge is 0.0531 e. The van der Waals surface area contributed by atoms with Gasteiger partial charge >= 0.3 is 0 Å². The van der Waals surface area contributed by atoms with Crippen LogP contribution < -0.4 is 5.32 Å². The molecule has 12 heavy (non-hydrogen) atoms. The molecule has 0 amide bonds. The lowest BCUT2D eigenvalue weighted by Crippen LogP contribution is -2.28. The molecule has 3 heteroatoms. The van der Waals surface area contributed by atoms with E-state index in [2.05, 4.69) is 21.6 Å². The summed E-state index contributed by atoms with van der Waals surface area (Å²) in [4.78, 5) is 0. The van der Waals surface area contributed by atoms with Crippen molar-refractivity contribution in [3.05, 3.63) is 24.0 Å². The standard InChI is InChI=1S/C9H13N3/c1-2-8(6-10-4-1)9-3-5-11-12-7-9/h3,5,7-8,10H,1-2,4,6H2/t8-/m1/s1. The van der Waals surface area contributed by atoms with Crippen LogP contribution in [-0.4, -0.2) is 23.3 Å². The maximum absolute atomic E-state index is 3.88. The Morgan fingerprint density at radius 3 is 3.08 bits per heavy atom. The average molecular weight is 163 g/mol. The van der Waals surface area contributed by atoms with Gasteiger partial charge in [-0.2, -0.15) is 10.2 Å². The molecule has 0 bridgehead atoms. The monoisotopic (exact) mass is 163 g/mol. The lowest BCUT2D eigenvalue weighted by molar-refractivity contribution is 0.460. The van der Waals surface area contributed by atoms with Gasteiger partial charge in [-0.1, -0.05) is 0 Å². The van der Waals surface area contributed by atoms with Crippen LogP contribution >= 0.6 is 0 Å². The van der Waals surface area contributed by atoms with E-state index in [1.807, 2.05) is 6.20 Å². The van der Waals surface area contributed by atoms with Crippen LogP contribution in [0.1, 0.15) is 24.3 Å². The first kappa shape index (κ1) is 7.68. The Hall–Kier alpha value is -0.960. The molecule has 0 radical (unpaired) electrons. The normalized spacial score (nSPS) is 23.8. The van der Waals surface area contributed by atoms with Gasteiger partial charge in [0.05, 0.1) is 6.20 Å². The Morgan fingerprint density at radius 1 is 1.42 bits per heavy atom. The summed E-state index contributed by atoms with van der Waals surface area (Å²) >= 11 is 0. The SMILES string of the molecule is c1cc([C@@H]2CCCNC2)cnn1. The highest BCUT2D eigenvalue weighted by atomic mass is 15.1. The molecule has 1 aliphatic rings. The number of nitrogens with zero attached hydrogens (tertiary/aromatic N) is 2. The first-order valence-electron chi connectivity index (χ1n) is 4.44. The molecule has 1 atom stereocenters. The molecule has 0 unspecified atom stereocenters. The van der Waals surface area contributed by atoms with Gasteiger partial charge in [0.25, 0.3) is 0 Å². The predicted octanol–water partition coefficient (Wildman–Crippen LogP) is 0.944. The van der Waals surface area contributed by atoms with Gasteiger partial charge in [0.1, 0.15) is 0 Å². The molecular weight excluding hydrogens is 150 g/mol. The maximum Gasteiger partial charge on any atom is 0.0531 e. The van der Waals surface area contributed by atoms with E-state index in [0.717, 1.165) is 13.1 Å². The molecular formula is C9H13N3. The van der Waals surface area contributed by atoms with E-state index in [1.54, 1.807) is 6.20 Å². The Kier molecular flexibility index (Phi) is 2.32. The zero-order valence-electron chi connectivity index (χ0n) is 7.03. The van der Waals surface area contributed by atoms with Crippen LogP contribution in [0.4, 0.5) is 0 Å². The second-order valence-electron chi connectivity index (χ2n) is 3.22. The number of aromatic nitrogens is 2. The van der Waals surface area contributed by atoms with Crippen molar-refractivity contribution in [2.45, 2.75) is 18.8 Å². The third kappa shape index (κ3) is 1.61. The van der Waals surface area contributed by atoms with Crippen LogP contribution in [0.15, 0.2) is 18.5 Å². The second-order valence-corrected chi connectivity index (χ2v) is 3.22. The molecule has 1 saturated heterocycles. The van der Waals surface area contributed by atoms with Crippen LogP contribution in [0.3, 0.4) is 0 Å². The number of rotatable bonds is 1. The molecule has 1 aromatic heterocycles. The van der Waals surface area contributed by atoms with Gasteiger partial charge in [0.15, 0.2) is 0 Å². The summed E-state index contributed by atoms with van der Waals surface area (Å²) < 4.78 is 0. The zero-order valence-corrected chi connectivity index (χ0v) is 7.03. The average Bonchev–Trinajstić information content (AvgIpc) is 2.21. The highest BCUT2D eigenvalue weighted by Gasteiger charge is 2.14. The molecule has 2 heterocycles. The Bertz CT molecular complexity index is 229. The number of piperidine rings is 1. The number of hydrogen-bond donors (Lipinski definition) is 1. The molecule has 0 spiro atoms. The summed E-state index contributed by atoms with van der Waals surface area (Å²) in [6.07, 6.45) is 6.19. The molecule has 0 saturated carbocycles. The molecule has 1 N–H and O–H groups in total. The van der Waals surface area contributed by atoms with Crippen molar-refractivity contribution in [3.8, 4) is 0 Å². The van der Waals surface area contributed by atoms with Gasteiger partial charge in [0, 0.05) is 12.7 Å². The third-order valence-electron chi connectivity index (χ3n) is 2.38. The second kappa shape index (κ2) is 3.63. The van der Waals surface area contributed by atoms with Gasteiger partial charge in [-0.15, -0.1) is 0 Å². The Balaban J connectivity index is 2.08. The van der Waals surface area contributed by atoms with E-state index >= 15 is 0 Å². The number of hydrogen-bond acceptors (Lipinski definition) is 3. The first-order valence-corrected chi connectivity index (χ1v) is 4.44. The minimum Gasteiger partial charge on any atom is -0.316 e. The molecule has 1 aliphatic heterocycles. The van der Waals surface area contributed by atoms with Crippen LogP contribution in [-0.2, 0) is 0 Å². The van der Waals surface area contributed by atoms with E-state index in [4.69, 9.17) is 0 Å². The van der Waals surface area contributed by atoms with Gasteiger partial charge in [-0.25, -0.2) is 0 Å². The molecule has 64 valence electrons. The van der Waals surface area contributed by atoms with Crippen LogP contribution in [0.25, 0.3) is 0 Å². The molecule has 1 aromatic rings. The molecule has 0 aliphatic carbocycles. The molecule has 3 nitrogen and oxygen atoms in total. The number of nitrogens with one attached hydrogen (secondary N) is 1. The highest BCUT2D eigenvalue weighted by molar-refractivity contribution is 5.13. The third-order valence-corrected chi connectivity index (χ3v) is 2.38. The van der Waals surface area contributed by atoms with Gasteiger partial charge in [0.2, 0.25) is 0 Å². The van der Waals surface area contributed by atoms with Crippen LogP contribution in [0.5, 0.6) is 0 Å². The summed E-state index contributed by atoms with van der Waals surface area (Å²) in [5.74, 6) is 0.647. The van der Waals surface area contributed by atoms with E-state index in [-0.39, 0.29) is 0 Å². The predicted molar refractivity (Wildman–Crippen MR) is 46.9 cm³/mol. The van der Waals surface area contributed by atoms with Gasteiger partial charge < -0.3 is 5.32 Å². The fraction of sp³-hybridized carbons (Fsp3) is 0.556. The van der Waals surface area contributed by atoms with Crippen molar-refractivity contribution in [2.24, 2.45) is 0 Å². The quantitative estimate of drug-likeness (QED) is 0.669. The fourth-order valence-electron chi connectivity index (χ4n) is 1.68. The van der Waals surface area contributed by atoms with Crippen molar-refractivity contribution in [2.75, 3.05) is 13.1 Å². The van der Waals surface area contributed by atoms with Crippen molar-refractivity contribution in [3.63, 3.8) is 0 Å². The lowest BCUT2D eigenvalue weighted by atomic mass is 9.93. The minimum atomic E-state index is 0.647. The summed E-state index contributed by atoms with van der Waals surface area (Å²) in [6, 6.07) is 2.06. The summed E-state index contributed by atoms with van der Waals surface area (Å²) in [7, 11) is 0. The Labute approximate surface area is 72.2 Å². The van der Waals surface area contributed by atoms with E-state index in [1.165, 1.54) is 18.4 Å². The van der Waals surface area contributed by atoms with E-state index in [9.17, 15) is 0 Å². The van der Waals surface area contributed by atoms with Crippen LogP contribution in [0.2, 0.25) is 0 Å². The summed E-state index contributed by atoms with van der Waals surface area (Å²) in [6.45, 7) is 2.25. The topological polar surface area (TPSA) is 37.8 Å². The Morgan fingerprint density at radius 2 is 2.42 bits per heavy atom. The van der Waals surface area contributed by atoms with E-state index < -0.39 is 0 Å². The van der Waals surface area contributed by atoms with E-state index in [0.29, 0.717) is 5.92 Å². The van der Waals surface area contributed by atoms with Crippen LogP contribution in [0, 0.1) is 0 Å². The highest BCUT2D eigenvalue weighted by Crippen LogP contribution is 2.21. The fourth-order valence-corrected chi connectivity index (χ4v) is 1.68.